The predicted molar refractivity (Wildman–Crippen MR) is 102 cm³/mol. The third kappa shape index (κ3) is 4.29. The van der Waals surface area contributed by atoms with Crippen molar-refractivity contribution in [2.24, 2.45) is 11.8 Å². The van der Waals surface area contributed by atoms with Gasteiger partial charge in [0.1, 0.15) is 0 Å². The first kappa shape index (κ1) is 19.4. The van der Waals surface area contributed by atoms with E-state index in [0.29, 0.717) is 17.4 Å². The Balaban J connectivity index is 1.66. The van der Waals surface area contributed by atoms with Gasteiger partial charge in [-0.05, 0) is 50.7 Å². The second-order valence-corrected chi connectivity index (χ2v) is 9.83. The van der Waals surface area contributed by atoms with Gasteiger partial charge in [0.2, 0.25) is 15.9 Å². The van der Waals surface area contributed by atoms with Gasteiger partial charge in [0, 0.05) is 19.1 Å². The Hall–Kier alpha value is -1.40. The normalized spacial score (nSPS) is 27.8. The van der Waals surface area contributed by atoms with E-state index < -0.39 is 10.0 Å². The predicted octanol–water partition coefficient (Wildman–Crippen LogP) is 3.09. The fourth-order valence-electron chi connectivity index (χ4n) is 4.07. The third-order valence-electron chi connectivity index (χ3n) is 5.85. The van der Waals surface area contributed by atoms with Crippen LogP contribution in [0.3, 0.4) is 0 Å². The standard InChI is InChI=1S/C20H30N2O3S/c1-15-9-11-18(12-10-15)26(24,25)22-13-5-7-17(14-22)20(23)21-19-8-4-3-6-16(19)2/h9-12,16-17,19H,3-8,13-14H2,1-2H3,(H,21,23). The SMILES string of the molecule is Cc1ccc(S(=O)(=O)N2CCCC(C(=O)NC3CCCCC3C)C2)cc1. The first-order valence-electron chi connectivity index (χ1n) is 9.75. The number of carbonyl (C=O) groups excluding carboxylic acids is 1. The summed E-state index contributed by atoms with van der Waals surface area (Å²) in [4.78, 5) is 13.0. The second kappa shape index (κ2) is 8.09. The van der Waals surface area contributed by atoms with Crippen LogP contribution in [0.5, 0.6) is 0 Å². The number of sulfonamides is 1. The maximum atomic E-state index is 12.9. The highest BCUT2D eigenvalue weighted by molar-refractivity contribution is 7.89. The smallest absolute Gasteiger partial charge is 0.243 e. The van der Waals surface area contributed by atoms with Crippen LogP contribution in [0, 0.1) is 18.8 Å². The zero-order valence-electron chi connectivity index (χ0n) is 15.8. The zero-order chi connectivity index (χ0) is 18.7. The molecule has 0 radical (unpaired) electrons. The Morgan fingerprint density at radius 2 is 1.77 bits per heavy atom. The first-order valence-corrected chi connectivity index (χ1v) is 11.2. The van der Waals surface area contributed by atoms with Crippen molar-refractivity contribution in [3.8, 4) is 0 Å². The minimum Gasteiger partial charge on any atom is -0.353 e. The van der Waals surface area contributed by atoms with E-state index in [2.05, 4.69) is 12.2 Å². The van der Waals surface area contributed by atoms with Crippen LogP contribution in [0.15, 0.2) is 29.2 Å². The highest BCUT2D eigenvalue weighted by Crippen LogP contribution is 2.27. The summed E-state index contributed by atoms with van der Waals surface area (Å²) < 4.78 is 27.3. The quantitative estimate of drug-likeness (QED) is 0.875. The van der Waals surface area contributed by atoms with Gasteiger partial charge >= 0.3 is 0 Å². The van der Waals surface area contributed by atoms with Crippen molar-refractivity contribution in [3.63, 3.8) is 0 Å². The summed E-state index contributed by atoms with van der Waals surface area (Å²) in [7, 11) is -3.54. The lowest BCUT2D eigenvalue weighted by molar-refractivity contribution is -0.127. The van der Waals surface area contributed by atoms with Crippen LogP contribution in [-0.2, 0) is 14.8 Å². The van der Waals surface area contributed by atoms with Crippen molar-refractivity contribution < 1.29 is 13.2 Å². The van der Waals surface area contributed by atoms with Crippen LogP contribution >= 0.6 is 0 Å². The summed E-state index contributed by atoms with van der Waals surface area (Å²) >= 11 is 0. The number of amides is 1. The molecule has 2 fully saturated rings. The number of nitrogens with one attached hydrogen (secondary N) is 1. The van der Waals surface area contributed by atoms with Crippen molar-refractivity contribution in [2.45, 2.75) is 63.3 Å². The van der Waals surface area contributed by atoms with Gasteiger partial charge in [-0.2, -0.15) is 4.31 Å². The Bertz CT molecular complexity index is 730. The fourth-order valence-corrected chi connectivity index (χ4v) is 5.59. The summed E-state index contributed by atoms with van der Waals surface area (Å²) in [5.41, 5.74) is 1.03. The van der Waals surface area contributed by atoms with Crippen LogP contribution in [-0.4, -0.2) is 37.8 Å². The maximum absolute atomic E-state index is 12.9. The third-order valence-corrected chi connectivity index (χ3v) is 7.73. The number of piperidine rings is 1. The van der Waals surface area contributed by atoms with Gasteiger partial charge in [-0.25, -0.2) is 8.42 Å². The molecule has 1 aromatic carbocycles. The Morgan fingerprint density at radius 1 is 1.08 bits per heavy atom. The Morgan fingerprint density at radius 3 is 2.46 bits per heavy atom. The van der Waals surface area contributed by atoms with E-state index in [4.69, 9.17) is 0 Å². The molecule has 1 aliphatic carbocycles. The molecule has 0 aromatic heterocycles. The highest BCUT2D eigenvalue weighted by Gasteiger charge is 2.34. The van der Waals surface area contributed by atoms with Crippen molar-refractivity contribution >= 4 is 15.9 Å². The number of benzene rings is 1. The Labute approximate surface area is 157 Å². The lowest BCUT2D eigenvalue weighted by Crippen LogP contribution is -2.49. The summed E-state index contributed by atoms with van der Waals surface area (Å²) in [6.45, 7) is 4.89. The van der Waals surface area contributed by atoms with Crippen molar-refractivity contribution in [1.82, 2.24) is 9.62 Å². The molecule has 1 saturated carbocycles. The molecule has 0 spiro atoms. The average Bonchev–Trinajstić information content (AvgIpc) is 2.64. The number of aryl methyl sites for hydroxylation is 1. The molecule has 1 amide bonds. The molecule has 3 rings (SSSR count). The molecule has 1 saturated heterocycles. The number of hydrogen-bond donors (Lipinski definition) is 1. The molecule has 2 aliphatic rings. The van der Waals surface area contributed by atoms with Gasteiger partial charge in [0.15, 0.2) is 0 Å². The van der Waals surface area contributed by atoms with Crippen molar-refractivity contribution in [3.05, 3.63) is 29.8 Å². The lowest BCUT2D eigenvalue weighted by atomic mass is 9.85. The minimum absolute atomic E-state index is 0.0209. The van der Waals surface area contributed by atoms with Crippen LogP contribution in [0.1, 0.15) is 51.0 Å². The van der Waals surface area contributed by atoms with Gasteiger partial charge in [-0.1, -0.05) is 37.5 Å². The largest absolute Gasteiger partial charge is 0.353 e. The first-order chi connectivity index (χ1) is 12.4. The number of carbonyl (C=O) groups is 1. The summed E-state index contributed by atoms with van der Waals surface area (Å²) in [5.74, 6) is 0.273. The molecule has 3 atom stereocenters. The molecule has 1 aromatic rings. The van der Waals surface area contributed by atoms with E-state index in [-0.39, 0.29) is 24.4 Å². The van der Waals surface area contributed by atoms with E-state index >= 15 is 0 Å². The van der Waals surface area contributed by atoms with E-state index in [0.717, 1.165) is 37.7 Å². The van der Waals surface area contributed by atoms with Gasteiger partial charge in [-0.3, -0.25) is 4.79 Å². The van der Waals surface area contributed by atoms with Crippen LogP contribution < -0.4 is 5.32 Å². The van der Waals surface area contributed by atoms with Crippen LogP contribution in [0.4, 0.5) is 0 Å². The van der Waals surface area contributed by atoms with E-state index in [9.17, 15) is 13.2 Å². The van der Waals surface area contributed by atoms with Crippen molar-refractivity contribution in [1.29, 1.82) is 0 Å². The molecule has 3 unspecified atom stereocenters. The minimum atomic E-state index is -3.54. The van der Waals surface area contributed by atoms with E-state index in [1.165, 1.54) is 10.7 Å². The zero-order valence-corrected chi connectivity index (χ0v) is 16.6. The number of nitrogens with zero attached hydrogens (tertiary/aromatic N) is 1. The highest BCUT2D eigenvalue weighted by atomic mass is 32.2. The van der Waals surface area contributed by atoms with Gasteiger partial charge in [0.25, 0.3) is 0 Å². The lowest BCUT2D eigenvalue weighted by Gasteiger charge is -2.34. The molecular weight excluding hydrogens is 348 g/mol. The molecule has 1 N–H and O–H groups in total. The number of rotatable bonds is 4. The van der Waals surface area contributed by atoms with Gasteiger partial charge < -0.3 is 5.32 Å². The molecule has 6 heteroatoms. The molecule has 26 heavy (non-hydrogen) atoms. The topological polar surface area (TPSA) is 66.5 Å². The molecule has 0 bridgehead atoms. The monoisotopic (exact) mass is 378 g/mol. The molecule has 144 valence electrons. The van der Waals surface area contributed by atoms with Crippen molar-refractivity contribution in [2.75, 3.05) is 13.1 Å². The van der Waals surface area contributed by atoms with Crippen LogP contribution in [0.25, 0.3) is 0 Å². The summed E-state index contributed by atoms with van der Waals surface area (Å²) in [5, 5.41) is 3.20. The molecule has 5 nitrogen and oxygen atoms in total. The molecule has 1 aliphatic heterocycles. The average molecular weight is 379 g/mol. The molecular formula is C20H30N2O3S. The summed E-state index contributed by atoms with van der Waals surface area (Å²) in [6, 6.07) is 7.16. The molecule has 1 heterocycles. The van der Waals surface area contributed by atoms with E-state index in [1.54, 1.807) is 12.1 Å². The number of hydrogen-bond acceptors (Lipinski definition) is 3. The van der Waals surface area contributed by atoms with Crippen LogP contribution in [0.2, 0.25) is 0 Å². The maximum Gasteiger partial charge on any atom is 0.243 e. The van der Waals surface area contributed by atoms with Gasteiger partial charge in [-0.15, -0.1) is 0 Å². The Kier molecular flexibility index (Phi) is 6.03. The summed E-state index contributed by atoms with van der Waals surface area (Å²) in [6.07, 6.45) is 6.07. The van der Waals surface area contributed by atoms with Gasteiger partial charge in [0.05, 0.1) is 10.8 Å². The fraction of sp³-hybridized carbons (Fsp3) is 0.650. The van der Waals surface area contributed by atoms with E-state index in [1.807, 2.05) is 19.1 Å². The second-order valence-electron chi connectivity index (χ2n) is 7.89.